The Balaban J connectivity index is 0.000000177. The first kappa shape index (κ1) is 46.3. The van der Waals surface area contributed by atoms with Crippen LogP contribution in [0, 0.1) is 69.0 Å². The lowest BCUT2D eigenvalue weighted by molar-refractivity contribution is -0.149. The fourth-order valence-electron chi connectivity index (χ4n) is 16.2. The molecule has 8 rings (SSSR count). The molecule has 58 heavy (non-hydrogen) atoms. The molecule has 0 heterocycles. The van der Waals surface area contributed by atoms with Crippen LogP contribution in [0.25, 0.3) is 0 Å². The van der Waals surface area contributed by atoms with Crippen molar-refractivity contribution in [2.75, 3.05) is 0 Å². The molecule has 0 spiro atoms. The van der Waals surface area contributed by atoms with Gasteiger partial charge in [-0.25, -0.2) is 0 Å². The molecule has 0 unspecified atom stereocenters. The smallest absolute Gasteiger partial charge is 0.192 e. The Hall–Kier alpha value is 0.274. The number of hydrogen-bond donors (Lipinski definition) is 2. The lowest BCUT2D eigenvalue weighted by Gasteiger charge is -2.62. The van der Waals surface area contributed by atoms with E-state index in [9.17, 15) is 10.2 Å². The Kier molecular flexibility index (Phi) is 11.9. The van der Waals surface area contributed by atoms with Crippen molar-refractivity contribution in [3.8, 4) is 0 Å². The van der Waals surface area contributed by atoms with Gasteiger partial charge in [0.25, 0.3) is 0 Å². The second-order valence-corrected chi connectivity index (χ2v) is 37.2. The third-order valence-electron chi connectivity index (χ3n) is 22.2. The summed E-state index contributed by atoms with van der Waals surface area (Å²) in [4.78, 5) is 0. The molecule has 0 bridgehead atoms. The second kappa shape index (κ2) is 14.9. The highest BCUT2D eigenvalue weighted by Gasteiger charge is 2.64. The maximum Gasteiger partial charge on any atom is 0.192 e. The van der Waals surface area contributed by atoms with Gasteiger partial charge in [-0.15, -0.1) is 0 Å². The molecule has 0 aromatic rings. The monoisotopic (exact) mass is 841 g/mol. The van der Waals surface area contributed by atoms with Crippen molar-refractivity contribution in [1.29, 1.82) is 0 Å². The van der Waals surface area contributed by atoms with E-state index in [-0.39, 0.29) is 0 Å². The minimum absolute atomic E-state index is 0.295. The van der Waals surface area contributed by atoms with Crippen LogP contribution in [-0.4, -0.2) is 50.3 Å². The van der Waals surface area contributed by atoms with E-state index in [0.717, 1.165) is 73.0 Å². The van der Waals surface area contributed by atoms with Gasteiger partial charge in [-0.1, -0.05) is 69.2 Å². The second-order valence-electron chi connectivity index (χ2n) is 27.7. The van der Waals surface area contributed by atoms with Gasteiger partial charge in [0.15, 0.2) is 16.6 Å². The van der Waals surface area contributed by atoms with Crippen LogP contribution < -0.4 is 0 Å². The Morgan fingerprint density at radius 3 is 1.07 bits per heavy atom. The van der Waals surface area contributed by atoms with Gasteiger partial charge >= 0.3 is 0 Å². The minimum atomic E-state index is -1.72. The van der Waals surface area contributed by atoms with E-state index < -0.39 is 27.8 Å². The minimum Gasteiger partial charge on any atom is -0.413 e. The predicted molar refractivity (Wildman–Crippen MR) is 249 cm³/mol. The largest absolute Gasteiger partial charge is 0.413 e. The van der Waals surface area contributed by atoms with Crippen LogP contribution in [0.3, 0.4) is 0 Å². The van der Waals surface area contributed by atoms with E-state index in [0.29, 0.717) is 43.9 Å². The summed E-state index contributed by atoms with van der Waals surface area (Å²) in [7, 11) is -3.45. The fraction of sp³-hybridized carbons (Fsp3) is 1.00. The van der Waals surface area contributed by atoms with Crippen molar-refractivity contribution in [2.45, 2.75) is 258 Å². The van der Waals surface area contributed by atoms with E-state index in [1.54, 1.807) is 0 Å². The van der Waals surface area contributed by atoms with E-state index in [4.69, 9.17) is 8.85 Å². The Morgan fingerprint density at radius 2 is 0.741 bits per heavy atom. The maximum absolute atomic E-state index is 10.7. The Bertz CT molecular complexity index is 1380. The van der Waals surface area contributed by atoms with Crippen molar-refractivity contribution in [3.05, 3.63) is 0 Å². The number of aliphatic hydroxyl groups is 2. The average molecular weight is 842 g/mol. The molecule has 8 aliphatic rings. The zero-order valence-electron chi connectivity index (χ0n) is 41.2. The maximum atomic E-state index is 10.7. The Morgan fingerprint density at radius 1 is 0.414 bits per heavy atom. The fourth-order valence-corrected chi connectivity index (χ4v) is 19.1. The van der Waals surface area contributed by atoms with Gasteiger partial charge in [-0.3, -0.25) is 0 Å². The van der Waals surface area contributed by atoms with Gasteiger partial charge in [0.05, 0.1) is 23.4 Å². The summed E-state index contributed by atoms with van der Waals surface area (Å²) < 4.78 is 14.2. The molecule has 0 amide bonds. The van der Waals surface area contributed by atoms with E-state index >= 15 is 0 Å². The molecule has 0 radical (unpaired) electrons. The third-order valence-corrected chi connectivity index (χ3v) is 31.2. The van der Waals surface area contributed by atoms with Crippen LogP contribution >= 0.6 is 0 Å². The predicted octanol–water partition coefficient (Wildman–Crippen LogP) is 14.3. The van der Waals surface area contributed by atoms with Crippen molar-refractivity contribution < 1.29 is 19.1 Å². The first-order valence-corrected chi connectivity index (χ1v) is 31.0. The summed E-state index contributed by atoms with van der Waals surface area (Å²) in [6, 6.07) is 0. The number of rotatable bonds is 4. The molecule has 8 aliphatic carbocycles. The molecule has 16 atom stereocenters. The highest BCUT2D eigenvalue weighted by atomic mass is 28.4. The van der Waals surface area contributed by atoms with Crippen LogP contribution in [0.1, 0.15) is 199 Å². The normalized spacial score (nSPS) is 50.6. The van der Waals surface area contributed by atoms with Crippen LogP contribution in [0.4, 0.5) is 0 Å². The number of fused-ring (bicyclic) bond motifs is 10. The molecule has 6 heteroatoms. The molecule has 8 fully saturated rings. The van der Waals surface area contributed by atoms with Gasteiger partial charge in [0.1, 0.15) is 0 Å². The van der Waals surface area contributed by atoms with Crippen LogP contribution in [0.2, 0.25) is 36.3 Å². The summed E-state index contributed by atoms with van der Waals surface area (Å²) in [6.07, 6.45) is 23.8. The molecule has 0 saturated heterocycles. The van der Waals surface area contributed by atoms with Gasteiger partial charge in [-0.2, -0.15) is 0 Å². The first-order valence-electron chi connectivity index (χ1n) is 25.2. The molecular weight excluding hydrogens is 745 g/mol. The van der Waals surface area contributed by atoms with Crippen LogP contribution in [0.5, 0.6) is 0 Å². The van der Waals surface area contributed by atoms with Gasteiger partial charge < -0.3 is 19.1 Å². The van der Waals surface area contributed by atoms with E-state index in [2.05, 4.69) is 109 Å². The summed E-state index contributed by atoms with van der Waals surface area (Å²) in [5.74, 6) is 6.73. The van der Waals surface area contributed by atoms with Crippen molar-refractivity contribution in [1.82, 2.24) is 0 Å². The molecule has 2 N–H and O–H groups in total. The van der Waals surface area contributed by atoms with Gasteiger partial charge in [0, 0.05) is 0 Å². The zero-order chi connectivity index (χ0) is 42.9. The molecule has 0 aromatic carbocycles. The standard InChI is InChI=1S/2C26H48O2Si/c2*1-23(2,3)29(7,8)28-22-12-11-20-19-10-9-18-17-24(4,27)15-16-25(18,5)21(19)13-14-26(20,22)6/h2*18-22,27H,9-17H2,1-8H3/t18-,19-,20-,21-,22-,24+,25-,26-;18-,19-,20-,21-,22-,24-,25-,26-/m11/s1. The van der Waals surface area contributed by atoms with Gasteiger partial charge in [0.2, 0.25) is 0 Å². The lowest BCUT2D eigenvalue weighted by Crippen LogP contribution is -2.56. The lowest BCUT2D eigenvalue weighted by atomic mass is 9.44. The summed E-state index contributed by atoms with van der Waals surface area (Å²) in [5, 5.41) is 22.0. The van der Waals surface area contributed by atoms with Crippen LogP contribution in [0.15, 0.2) is 0 Å². The highest BCUT2D eigenvalue weighted by molar-refractivity contribution is 6.74. The quantitative estimate of drug-likeness (QED) is 0.277. The van der Waals surface area contributed by atoms with Crippen LogP contribution in [-0.2, 0) is 8.85 Å². The first-order chi connectivity index (χ1) is 26.4. The molecule has 336 valence electrons. The SMILES string of the molecule is CC(C)(C)[Si](C)(C)O[C@@H]1CC[C@@H]2[C@H]3CC[C@@H]4C[C@@](C)(O)CC[C@@]4(C)[C@@H]3CC[C@]21C.CC(C)(C)[Si](C)(C)O[C@@H]1CC[C@@H]2[C@H]3CC[C@@H]4C[C@](C)(O)CC[C@@]4(C)[C@@H]3CC[C@]21C. The number of hydrogen-bond acceptors (Lipinski definition) is 4. The average Bonchev–Trinajstić information content (AvgIpc) is 3.59. The molecule has 0 aromatic heterocycles. The molecule has 0 aliphatic heterocycles. The summed E-state index contributed by atoms with van der Waals surface area (Å²) in [6.45, 7) is 38.6. The topological polar surface area (TPSA) is 58.9 Å². The molecule has 4 nitrogen and oxygen atoms in total. The van der Waals surface area contributed by atoms with Crippen molar-refractivity contribution in [2.24, 2.45) is 69.0 Å². The van der Waals surface area contributed by atoms with Crippen molar-refractivity contribution >= 4 is 16.6 Å². The molecular formula is C52H96O4Si2. The Labute approximate surface area is 361 Å². The van der Waals surface area contributed by atoms with Crippen molar-refractivity contribution in [3.63, 3.8) is 0 Å². The zero-order valence-corrected chi connectivity index (χ0v) is 43.2. The summed E-state index contributed by atoms with van der Waals surface area (Å²) in [5.41, 5.74) is 0.862. The van der Waals surface area contributed by atoms with E-state index in [1.165, 1.54) is 89.9 Å². The van der Waals surface area contributed by atoms with Gasteiger partial charge in [-0.05, 0) is 235 Å². The van der Waals surface area contributed by atoms with E-state index in [1.807, 2.05) is 0 Å². The third kappa shape index (κ3) is 7.82. The highest BCUT2D eigenvalue weighted by Crippen LogP contribution is 2.69. The molecule has 8 saturated carbocycles. The summed E-state index contributed by atoms with van der Waals surface area (Å²) >= 11 is 0.